The summed E-state index contributed by atoms with van der Waals surface area (Å²) >= 11 is -0.0398. The summed E-state index contributed by atoms with van der Waals surface area (Å²) in [6.07, 6.45) is 7.76. The van der Waals surface area contributed by atoms with Crippen LogP contribution in [0.15, 0.2) is 30.2 Å². The van der Waals surface area contributed by atoms with E-state index in [0.29, 0.717) is 6.42 Å². The SMILES string of the molecule is O=C(CSF)NC/C(O)=C/Cc1cc(CN2CCCCC2)ccn1. The highest BCUT2D eigenvalue weighted by Crippen LogP contribution is 2.13. The van der Waals surface area contributed by atoms with Crippen LogP contribution in [0.2, 0.25) is 0 Å². The van der Waals surface area contributed by atoms with E-state index in [1.807, 2.05) is 6.07 Å². The Balaban J connectivity index is 1.82. The zero-order chi connectivity index (χ0) is 17.2. The van der Waals surface area contributed by atoms with Crippen LogP contribution in [0.1, 0.15) is 30.5 Å². The van der Waals surface area contributed by atoms with Crippen LogP contribution in [0.3, 0.4) is 0 Å². The van der Waals surface area contributed by atoms with Crippen LogP contribution in [0, 0.1) is 0 Å². The van der Waals surface area contributed by atoms with E-state index in [1.54, 1.807) is 12.3 Å². The lowest BCUT2D eigenvalue weighted by atomic mass is 10.1. The number of likely N-dealkylation sites (tertiary alicyclic amines) is 1. The zero-order valence-electron chi connectivity index (χ0n) is 13.7. The largest absolute Gasteiger partial charge is 0.511 e. The molecule has 0 unspecified atom stereocenters. The number of nitrogens with zero attached hydrogens (tertiary/aromatic N) is 2. The van der Waals surface area contributed by atoms with Gasteiger partial charge >= 0.3 is 0 Å². The predicted octanol–water partition coefficient (Wildman–Crippen LogP) is 2.79. The highest BCUT2D eigenvalue weighted by atomic mass is 32.2. The molecule has 0 saturated carbocycles. The van der Waals surface area contributed by atoms with E-state index in [2.05, 4.69) is 21.3 Å². The molecule has 132 valence electrons. The lowest BCUT2D eigenvalue weighted by Gasteiger charge is -2.26. The number of aromatic nitrogens is 1. The Labute approximate surface area is 146 Å². The van der Waals surface area contributed by atoms with Gasteiger partial charge in [0.2, 0.25) is 5.91 Å². The van der Waals surface area contributed by atoms with E-state index in [0.717, 1.165) is 25.3 Å². The number of allylic oxidation sites excluding steroid dienone is 1. The molecule has 1 fully saturated rings. The first-order chi connectivity index (χ1) is 11.7. The number of halogens is 1. The first kappa shape index (κ1) is 18.7. The number of hydrogen-bond donors (Lipinski definition) is 2. The Morgan fingerprint density at radius 3 is 2.96 bits per heavy atom. The molecule has 5 nitrogen and oxygen atoms in total. The van der Waals surface area contributed by atoms with Crippen LogP contribution < -0.4 is 5.32 Å². The maximum atomic E-state index is 11.9. The third-order valence-corrected chi connectivity index (χ3v) is 4.31. The Bertz CT molecular complexity index is 563. The Hall–Kier alpha value is -1.60. The monoisotopic (exact) mass is 353 g/mol. The van der Waals surface area contributed by atoms with Gasteiger partial charge in [0.05, 0.1) is 18.7 Å². The normalized spacial score (nSPS) is 16.1. The maximum absolute atomic E-state index is 11.9. The summed E-state index contributed by atoms with van der Waals surface area (Å²) < 4.78 is 11.9. The summed E-state index contributed by atoms with van der Waals surface area (Å²) in [7, 11) is 0. The smallest absolute Gasteiger partial charge is 0.233 e. The molecule has 0 aliphatic carbocycles. The Morgan fingerprint density at radius 1 is 1.42 bits per heavy atom. The van der Waals surface area contributed by atoms with E-state index in [4.69, 9.17) is 0 Å². The number of pyridine rings is 1. The molecule has 0 bridgehead atoms. The Kier molecular flexibility index (Phi) is 8.04. The van der Waals surface area contributed by atoms with Gasteiger partial charge in [-0.3, -0.25) is 14.7 Å². The zero-order valence-corrected chi connectivity index (χ0v) is 14.5. The number of carbonyl (C=O) groups excluding carboxylic acids is 1. The number of amides is 1. The van der Waals surface area contributed by atoms with E-state index in [-0.39, 0.29) is 30.2 Å². The number of carbonyl (C=O) groups is 1. The van der Waals surface area contributed by atoms with Crippen molar-refractivity contribution < 1.29 is 13.8 Å². The summed E-state index contributed by atoms with van der Waals surface area (Å²) in [5.41, 5.74) is 2.10. The van der Waals surface area contributed by atoms with Gasteiger partial charge in [-0.05, 0) is 49.7 Å². The molecule has 1 aromatic rings. The van der Waals surface area contributed by atoms with Crippen molar-refractivity contribution in [1.29, 1.82) is 0 Å². The minimum Gasteiger partial charge on any atom is -0.511 e. The first-order valence-corrected chi connectivity index (χ1v) is 9.10. The fourth-order valence-electron chi connectivity index (χ4n) is 2.70. The minimum atomic E-state index is -0.441. The summed E-state index contributed by atoms with van der Waals surface area (Å²) in [6.45, 7) is 3.24. The van der Waals surface area contributed by atoms with Crippen LogP contribution in [-0.4, -0.2) is 46.3 Å². The van der Waals surface area contributed by atoms with Gasteiger partial charge in [-0.2, -0.15) is 3.89 Å². The van der Waals surface area contributed by atoms with Crippen LogP contribution in [0.25, 0.3) is 0 Å². The molecule has 0 radical (unpaired) electrons. The molecule has 0 spiro atoms. The molecule has 1 amide bonds. The quantitative estimate of drug-likeness (QED) is 0.704. The van der Waals surface area contributed by atoms with E-state index < -0.39 is 5.91 Å². The van der Waals surface area contributed by atoms with Gasteiger partial charge in [-0.15, -0.1) is 0 Å². The number of piperidine rings is 1. The number of rotatable bonds is 8. The molecule has 24 heavy (non-hydrogen) atoms. The number of hydrogen-bond acceptors (Lipinski definition) is 5. The molecule has 0 atom stereocenters. The minimum absolute atomic E-state index is 0.00681. The van der Waals surface area contributed by atoms with E-state index in [1.165, 1.54) is 24.8 Å². The van der Waals surface area contributed by atoms with Crippen LogP contribution in [0.4, 0.5) is 3.89 Å². The first-order valence-electron chi connectivity index (χ1n) is 8.22. The van der Waals surface area contributed by atoms with Gasteiger partial charge in [0.1, 0.15) is 11.5 Å². The summed E-state index contributed by atoms with van der Waals surface area (Å²) in [6, 6.07) is 4.08. The second-order valence-corrected chi connectivity index (χ2v) is 6.43. The summed E-state index contributed by atoms with van der Waals surface area (Å²) in [4.78, 5) is 17.9. The number of aliphatic hydroxyl groups excluding tert-OH is 1. The summed E-state index contributed by atoms with van der Waals surface area (Å²) in [5, 5.41) is 12.2. The van der Waals surface area contributed by atoms with Crippen LogP contribution in [0.5, 0.6) is 0 Å². The van der Waals surface area contributed by atoms with Gasteiger partial charge in [0.15, 0.2) is 0 Å². The van der Waals surface area contributed by atoms with Crippen LogP contribution >= 0.6 is 12.1 Å². The highest BCUT2D eigenvalue weighted by molar-refractivity contribution is 7.95. The van der Waals surface area contributed by atoms with Gasteiger partial charge < -0.3 is 10.4 Å². The van der Waals surface area contributed by atoms with Crippen molar-refractivity contribution in [3.8, 4) is 0 Å². The molecular formula is C17H24FN3O2S. The van der Waals surface area contributed by atoms with Crippen molar-refractivity contribution in [3.63, 3.8) is 0 Å². The maximum Gasteiger partial charge on any atom is 0.233 e. The van der Waals surface area contributed by atoms with Gasteiger partial charge in [-0.25, -0.2) is 0 Å². The van der Waals surface area contributed by atoms with Crippen molar-refractivity contribution in [2.45, 2.75) is 32.2 Å². The van der Waals surface area contributed by atoms with Gasteiger partial charge in [0.25, 0.3) is 0 Å². The Morgan fingerprint density at radius 2 is 2.21 bits per heavy atom. The van der Waals surface area contributed by atoms with Gasteiger partial charge in [-0.1, -0.05) is 6.42 Å². The third kappa shape index (κ3) is 6.88. The van der Waals surface area contributed by atoms with Crippen molar-refractivity contribution in [2.24, 2.45) is 0 Å². The van der Waals surface area contributed by atoms with Gasteiger partial charge in [0, 0.05) is 24.9 Å². The average molecular weight is 353 g/mol. The second-order valence-electron chi connectivity index (χ2n) is 5.92. The standard InChI is InChI=1S/C17H24FN3O2S/c18-24-13-17(23)20-11-16(22)5-4-15-10-14(6-7-19-15)12-21-8-2-1-3-9-21/h5-7,10,22H,1-4,8-9,11-13H2,(H,20,23)/b16-5-. The molecule has 1 aliphatic rings. The van der Waals surface area contributed by atoms with Crippen molar-refractivity contribution in [3.05, 3.63) is 41.4 Å². The number of aliphatic hydroxyl groups is 1. The molecule has 7 heteroatoms. The summed E-state index contributed by atoms with van der Waals surface area (Å²) in [5.74, 6) is -0.646. The lowest BCUT2D eigenvalue weighted by molar-refractivity contribution is -0.118. The van der Waals surface area contributed by atoms with Crippen LogP contribution in [-0.2, 0) is 17.8 Å². The fraction of sp³-hybridized carbons (Fsp3) is 0.529. The molecule has 0 aromatic carbocycles. The van der Waals surface area contributed by atoms with E-state index >= 15 is 0 Å². The lowest BCUT2D eigenvalue weighted by Crippen LogP contribution is -2.29. The molecule has 2 rings (SSSR count). The second kappa shape index (κ2) is 10.3. The van der Waals surface area contributed by atoms with Crippen molar-refractivity contribution >= 4 is 18.1 Å². The average Bonchev–Trinajstić information content (AvgIpc) is 2.60. The highest BCUT2D eigenvalue weighted by Gasteiger charge is 2.10. The molecule has 2 N–H and O–H groups in total. The molecule has 1 saturated heterocycles. The number of nitrogens with one attached hydrogen (secondary N) is 1. The molecule has 2 heterocycles. The predicted molar refractivity (Wildman–Crippen MR) is 94.4 cm³/mol. The molecular weight excluding hydrogens is 329 g/mol. The molecule has 1 aliphatic heterocycles. The van der Waals surface area contributed by atoms with Crippen molar-refractivity contribution in [2.75, 3.05) is 25.4 Å². The third-order valence-electron chi connectivity index (χ3n) is 3.93. The fourth-order valence-corrected chi connectivity index (χ4v) is 2.90. The topological polar surface area (TPSA) is 65.5 Å². The molecule has 1 aromatic heterocycles. The van der Waals surface area contributed by atoms with Crippen molar-refractivity contribution in [1.82, 2.24) is 15.2 Å². The van der Waals surface area contributed by atoms with E-state index in [9.17, 15) is 13.8 Å².